The summed E-state index contributed by atoms with van der Waals surface area (Å²) in [4.78, 5) is 26.7. The Bertz CT molecular complexity index is 890. The molecule has 0 aromatic heterocycles. The summed E-state index contributed by atoms with van der Waals surface area (Å²) in [6, 6.07) is 12.2. The summed E-state index contributed by atoms with van der Waals surface area (Å²) in [5.74, 6) is -0.632. The zero-order chi connectivity index (χ0) is 18.4. The van der Waals surface area contributed by atoms with Gasteiger partial charge in [0, 0.05) is 0 Å². The molecule has 0 aliphatic carbocycles. The van der Waals surface area contributed by atoms with Crippen molar-refractivity contribution in [1.29, 1.82) is 0 Å². The quantitative estimate of drug-likeness (QED) is 0.390. The van der Waals surface area contributed by atoms with Gasteiger partial charge in [-0.1, -0.05) is 44.1 Å². The second kappa shape index (κ2) is 5.84. The molecule has 2 aromatic rings. The largest absolute Gasteiger partial charge is 0.411 e. The van der Waals surface area contributed by atoms with E-state index in [4.69, 9.17) is 5.21 Å². The Morgan fingerprint density at radius 3 is 2.12 bits per heavy atom. The second-order valence-electron chi connectivity index (χ2n) is 7.19. The van der Waals surface area contributed by atoms with Crippen LogP contribution in [0.5, 0.6) is 0 Å². The molecular formula is C20H20N2O3. The average Bonchev–Trinajstić information content (AvgIpc) is 2.84. The number of hydrogen-bond donors (Lipinski definition) is 1. The molecule has 5 nitrogen and oxygen atoms in total. The van der Waals surface area contributed by atoms with Gasteiger partial charge in [-0.25, -0.2) is 4.90 Å². The molecule has 1 aliphatic heterocycles. The zero-order valence-electron chi connectivity index (χ0n) is 14.7. The lowest BCUT2D eigenvalue weighted by Crippen LogP contribution is -2.29. The Hall–Kier alpha value is -2.95. The fourth-order valence-electron chi connectivity index (χ4n) is 2.85. The molecule has 0 saturated carbocycles. The standard InChI is InChI=1S/C20H20N2O3/c1-12(21-25)13-5-8-15(9-6-13)22-18(23)16-10-7-14(20(2,3)4)11-17(16)19(22)24/h5-11,25H,1-4H3/b21-12-. The number of nitrogens with zero attached hydrogens (tertiary/aromatic N) is 2. The fraction of sp³-hybridized carbons (Fsp3) is 0.250. The lowest BCUT2D eigenvalue weighted by molar-refractivity contribution is 0.0926. The van der Waals surface area contributed by atoms with Gasteiger partial charge in [-0.05, 0) is 47.7 Å². The number of carbonyl (C=O) groups excluding carboxylic acids is 2. The number of benzene rings is 2. The minimum Gasteiger partial charge on any atom is -0.411 e. The molecule has 25 heavy (non-hydrogen) atoms. The molecule has 0 unspecified atom stereocenters. The van der Waals surface area contributed by atoms with Gasteiger partial charge in [0.1, 0.15) is 0 Å². The van der Waals surface area contributed by atoms with E-state index in [1.165, 1.54) is 4.90 Å². The fourth-order valence-corrected chi connectivity index (χ4v) is 2.85. The van der Waals surface area contributed by atoms with Crippen molar-refractivity contribution in [2.45, 2.75) is 33.1 Å². The van der Waals surface area contributed by atoms with E-state index in [9.17, 15) is 9.59 Å². The maximum Gasteiger partial charge on any atom is 0.266 e. The van der Waals surface area contributed by atoms with Crippen LogP contribution in [0.15, 0.2) is 47.6 Å². The summed E-state index contributed by atoms with van der Waals surface area (Å²) in [5, 5.41) is 12.0. The highest BCUT2D eigenvalue weighted by molar-refractivity contribution is 6.34. The molecule has 128 valence electrons. The number of oxime groups is 1. The van der Waals surface area contributed by atoms with Gasteiger partial charge in [-0.2, -0.15) is 0 Å². The van der Waals surface area contributed by atoms with E-state index in [1.54, 1.807) is 37.3 Å². The molecule has 1 aliphatic rings. The predicted octanol–water partition coefficient (Wildman–Crippen LogP) is 3.98. The summed E-state index contributed by atoms with van der Waals surface area (Å²) in [7, 11) is 0. The minimum absolute atomic E-state index is 0.103. The molecule has 0 bridgehead atoms. The Kier molecular flexibility index (Phi) is 3.95. The van der Waals surface area contributed by atoms with Crippen molar-refractivity contribution in [1.82, 2.24) is 0 Å². The summed E-state index contributed by atoms with van der Waals surface area (Å²) < 4.78 is 0. The molecule has 1 N–H and O–H groups in total. The Labute approximate surface area is 146 Å². The molecule has 3 rings (SSSR count). The highest BCUT2D eigenvalue weighted by atomic mass is 16.4. The summed E-state index contributed by atoms with van der Waals surface area (Å²) >= 11 is 0. The van der Waals surface area contributed by atoms with Gasteiger partial charge in [0.2, 0.25) is 0 Å². The number of hydrogen-bond acceptors (Lipinski definition) is 4. The third-order valence-electron chi connectivity index (χ3n) is 4.45. The topological polar surface area (TPSA) is 70.0 Å². The molecule has 2 amide bonds. The van der Waals surface area contributed by atoms with E-state index in [-0.39, 0.29) is 17.2 Å². The number of rotatable bonds is 2. The average molecular weight is 336 g/mol. The number of imide groups is 1. The number of fused-ring (bicyclic) bond motifs is 1. The van der Waals surface area contributed by atoms with Crippen LogP contribution < -0.4 is 4.90 Å². The van der Waals surface area contributed by atoms with Gasteiger partial charge in [0.25, 0.3) is 11.8 Å². The summed E-state index contributed by atoms with van der Waals surface area (Å²) in [5.41, 5.74) is 3.46. The van der Waals surface area contributed by atoms with Gasteiger partial charge in [-0.15, -0.1) is 0 Å². The van der Waals surface area contributed by atoms with E-state index in [0.29, 0.717) is 22.5 Å². The van der Waals surface area contributed by atoms with E-state index in [2.05, 4.69) is 25.9 Å². The first-order valence-electron chi connectivity index (χ1n) is 8.06. The maximum absolute atomic E-state index is 12.8. The first-order chi connectivity index (χ1) is 11.7. The van der Waals surface area contributed by atoms with E-state index >= 15 is 0 Å². The van der Waals surface area contributed by atoms with E-state index in [1.807, 2.05) is 12.1 Å². The van der Waals surface area contributed by atoms with Gasteiger partial charge in [0.05, 0.1) is 22.5 Å². The van der Waals surface area contributed by atoms with Crippen molar-refractivity contribution in [3.05, 3.63) is 64.7 Å². The predicted molar refractivity (Wildman–Crippen MR) is 96.7 cm³/mol. The smallest absolute Gasteiger partial charge is 0.266 e. The first-order valence-corrected chi connectivity index (χ1v) is 8.06. The van der Waals surface area contributed by atoms with Crippen molar-refractivity contribution in [3.8, 4) is 0 Å². The highest BCUT2D eigenvalue weighted by Crippen LogP contribution is 2.32. The third-order valence-corrected chi connectivity index (χ3v) is 4.45. The van der Waals surface area contributed by atoms with Crippen molar-refractivity contribution in [2.75, 3.05) is 4.90 Å². The van der Waals surface area contributed by atoms with Crippen LogP contribution in [0.25, 0.3) is 0 Å². The molecule has 5 heteroatoms. The van der Waals surface area contributed by atoms with Crippen molar-refractivity contribution >= 4 is 23.2 Å². The molecular weight excluding hydrogens is 316 g/mol. The van der Waals surface area contributed by atoms with Gasteiger partial charge >= 0.3 is 0 Å². The van der Waals surface area contributed by atoms with Crippen LogP contribution in [0.4, 0.5) is 5.69 Å². The Balaban J connectivity index is 2.00. The number of amides is 2. The molecule has 0 fully saturated rings. The molecule has 0 saturated heterocycles. The SMILES string of the molecule is C/C(=N/O)c1ccc(N2C(=O)c3ccc(C(C)(C)C)cc3C2=O)cc1. The van der Waals surface area contributed by atoms with Crippen LogP contribution >= 0.6 is 0 Å². The molecule has 0 atom stereocenters. The number of carbonyl (C=O) groups is 2. The van der Waals surface area contributed by atoms with Crippen molar-refractivity contribution in [3.63, 3.8) is 0 Å². The normalized spacial score (nSPS) is 14.9. The minimum atomic E-state index is -0.319. The maximum atomic E-state index is 12.8. The van der Waals surface area contributed by atoms with Gasteiger partial charge < -0.3 is 5.21 Å². The lowest BCUT2D eigenvalue weighted by Gasteiger charge is -2.19. The Morgan fingerprint density at radius 2 is 1.56 bits per heavy atom. The van der Waals surface area contributed by atoms with Crippen molar-refractivity contribution in [2.24, 2.45) is 5.16 Å². The van der Waals surface area contributed by atoms with E-state index < -0.39 is 0 Å². The van der Waals surface area contributed by atoms with Crippen LogP contribution in [0.1, 0.15) is 59.5 Å². The lowest BCUT2D eigenvalue weighted by atomic mass is 9.85. The van der Waals surface area contributed by atoms with Crippen LogP contribution in [-0.4, -0.2) is 22.7 Å². The number of anilines is 1. The third kappa shape index (κ3) is 2.82. The monoisotopic (exact) mass is 336 g/mol. The second-order valence-corrected chi connectivity index (χ2v) is 7.19. The van der Waals surface area contributed by atoms with Crippen LogP contribution in [0.3, 0.4) is 0 Å². The zero-order valence-corrected chi connectivity index (χ0v) is 14.7. The van der Waals surface area contributed by atoms with Crippen molar-refractivity contribution < 1.29 is 14.8 Å². The van der Waals surface area contributed by atoms with Crippen LogP contribution in [0, 0.1) is 0 Å². The van der Waals surface area contributed by atoms with E-state index in [0.717, 1.165) is 11.1 Å². The van der Waals surface area contributed by atoms with Gasteiger partial charge in [0.15, 0.2) is 0 Å². The highest BCUT2D eigenvalue weighted by Gasteiger charge is 2.37. The first kappa shape index (κ1) is 16.9. The molecule has 0 spiro atoms. The Morgan fingerprint density at radius 1 is 0.960 bits per heavy atom. The van der Waals surface area contributed by atoms with Gasteiger partial charge in [-0.3, -0.25) is 9.59 Å². The summed E-state index contributed by atoms with van der Waals surface area (Å²) in [6.07, 6.45) is 0. The van der Waals surface area contributed by atoms with Crippen LogP contribution in [-0.2, 0) is 5.41 Å². The molecule has 0 radical (unpaired) electrons. The molecule has 2 aromatic carbocycles. The molecule has 1 heterocycles. The summed E-state index contributed by atoms with van der Waals surface area (Å²) in [6.45, 7) is 7.87. The van der Waals surface area contributed by atoms with Crippen LogP contribution in [0.2, 0.25) is 0 Å².